The number of amides is 1. The van der Waals surface area contributed by atoms with Gasteiger partial charge in [0.05, 0.1) is 17.9 Å². The maximum Gasteiger partial charge on any atom is 0.316 e. The van der Waals surface area contributed by atoms with Gasteiger partial charge in [-0.1, -0.05) is 18.2 Å². The average molecular weight is 342 g/mol. The molecular weight excluding hydrogens is 324 g/mol. The zero-order valence-electron chi connectivity index (χ0n) is 13.6. The fraction of sp³-hybridized carbons (Fsp3) is 0.353. The van der Waals surface area contributed by atoms with Gasteiger partial charge < -0.3 is 9.64 Å². The van der Waals surface area contributed by atoms with Gasteiger partial charge >= 0.3 is 6.01 Å². The molecule has 1 unspecified atom stereocenters. The standard InChI is InChI=1S/C17H18N4O4/c22-16(11-13-5-1-2-7-15(13)21(23)24)20-10-3-6-14(12-20)25-17-18-8-4-9-19-17/h1-2,4-5,7-9,14H,3,6,10-12H2. The van der Waals surface area contributed by atoms with Crippen molar-refractivity contribution in [1.29, 1.82) is 0 Å². The summed E-state index contributed by atoms with van der Waals surface area (Å²) >= 11 is 0. The number of benzene rings is 1. The van der Waals surface area contributed by atoms with Gasteiger partial charge in [0, 0.05) is 30.6 Å². The maximum absolute atomic E-state index is 12.6. The summed E-state index contributed by atoms with van der Waals surface area (Å²) in [5.74, 6) is -0.142. The first-order valence-corrected chi connectivity index (χ1v) is 8.07. The molecule has 0 N–H and O–H groups in total. The minimum atomic E-state index is -0.461. The van der Waals surface area contributed by atoms with Crippen molar-refractivity contribution in [1.82, 2.24) is 14.9 Å². The molecule has 1 aromatic heterocycles. The van der Waals surface area contributed by atoms with Crippen LogP contribution in [0, 0.1) is 10.1 Å². The minimum absolute atomic E-state index is 0.00566. The second-order valence-electron chi connectivity index (χ2n) is 5.82. The fourth-order valence-corrected chi connectivity index (χ4v) is 2.87. The maximum atomic E-state index is 12.6. The first kappa shape index (κ1) is 16.8. The van der Waals surface area contributed by atoms with Crippen LogP contribution in [0.5, 0.6) is 6.01 Å². The molecule has 1 amide bonds. The molecule has 3 rings (SSSR count). The summed E-state index contributed by atoms with van der Waals surface area (Å²) in [4.78, 5) is 32.9. The second kappa shape index (κ2) is 7.69. The number of carbonyl (C=O) groups is 1. The zero-order chi connectivity index (χ0) is 17.6. The first-order chi connectivity index (χ1) is 12.1. The van der Waals surface area contributed by atoms with E-state index < -0.39 is 4.92 Å². The van der Waals surface area contributed by atoms with Crippen molar-refractivity contribution in [3.8, 4) is 6.01 Å². The summed E-state index contributed by atoms with van der Waals surface area (Å²) in [6.07, 6.45) is 4.65. The van der Waals surface area contributed by atoms with Gasteiger partial charge in [0.15, 0.2) is 0 Å². The Morgan fingerprint density at radius 2 is 2.04 bits per heavy atom. The van der Waals surface area contributed by atoms with Gasteiger partial charge in [-0.15, -0.1) is 0 Å². The quantitative estimate of drug-likeness (QED) is 0.609. The predicted molar refractivity (Wildman–Crippen MR) is 89.1 cm³/mol. The average Bonchev–Trinajstić information content (AvgIpc) is 2.63. The Morgan fingerprint density at radius 1 is 1.28 bits per heavy atom. The Bertz CT molecular complexity index is 753. The Kier molecular flexibility index (Phi) is 5.17. The lowest BCUT2D eigenvalue weighted by Gasteiger charge is -2.32. The van der Waals surface area contributed by atoms with Crippen molar-refractivity contribution < 1.29 is 14.5 Å². The number of likely N-dealkylation sites (tertiary alicyclic amines) is 1. The highest BCUT2D eigenvalue weighted by Crippen LogP contribution is 2.21. The van der Waals surface area contributed by atoms with Gasteiger partial charge in [0.1, 0.15) is 6.10 Å². The number of nitro benzene ring substituents is 1. The van der Waals surface area contributed by atoms with E-state index in [0.29, 0.717) is 24.7 Å². The molecule has 130 valence electrons. The second-order valence-corrected chi connectivity index (χ2v) is 5.82. The van der Waals surface area contributed by atoms with E-state index in [2.05, 4.69) is 9.97 Å². The van der Waals surface area contributed by atoms with Crippen LogP contribution in [-0.2, 0) is 11.2 Å². The summed E-state index contributed by atoms with van der Waals surface area (Å²) in [6.45, 7) is 1.05. The predicted octanol–water partition coefficient (Wildman–Crippen LogP) is 2.00. The van der Waals surface area contributed by atoms with Crippen LogP contribution in [0.1, 0.15) is 18.4 Å². The van der Waals surface area contributed by atoms with E-state index in [-0.39, 0.29) is 24.1 Å². The third-order valence-electron chi connectivity index (χ3n) is 4.08. The molecule has 1 saturated heterocycles. The number of ether oxygens (including phenoxy) is 1. The molecule has 0 bridgehead atoms. The molecule has 2 heterocycles. The van der Waals surface area contributed by atoms with E-state index in [0.717, 1.165) is 12.8 Å². The minimum Gasteiger partial charge on any atom is -0.458 e. The normalized spacial score (nSPS) is 17.1. The number of nitro groups is 1. The highest BCUT2D eigenvalue weighted by Gasteiger charge is 2.27. The smallest absolute Gasteiger partial charge is 0.316 e. The number of rotatable bonds is 5. The van der Waals surface area contributed by atoms with Crippen LogP contribution in [0.2, 0.25) is 0 Å². The Morgan fingerprint density at radius 3 is 2.80 bits per heavy atom. The number of hydrogen-bond acceptors (Lipinski definition) is 6. The van der Waals surface area contributed by atoms with Crippen molar-refractivity contribution in [2.75, 3.05) is 13.1 Å². The summed E-state index contributed by atoms with van der Waals surface area (Å²) in [5.41, 5.74) is 0.394. The molecule has 1 aliphatic heterocycles. The topological polar surface area (TPSA) is 98.5 Å². The molecule has 0 aliphatic carbocycles. The van der Waals surface area contributed by atoms with Gasteiger partial charge in [-0.05, 0) is 18.9 Å². The highest BCUT2D eigenvalue weighted by molar-refractivity contribution is 5.80. The third kappa shape index (κ3) is 4.28. The van der Waals surface area contributed by atoms with Crippen LogP contribution >= 0.6 is 0 Å². The van der Waals surface area contributed by atoms with Crippen LogP contribution in [0.25, 0.3) is 0 Å². The van der Waals surface area contributed by atoms with Gasteiger partial charge in [0.2, 0.25) is 5.91 Å². The van der Waals surface area contributed by atoms with Gasteiger partial charge in [0.25, 0.3) is 5.69 Å². The first-order valence-electron chi connectivity index (χ1n) is 8.07. The van der Waals surface area contributed by atoms with Gasteiger partial charge in [-0.25, -0.2) is 9.97 Å². The lowest BCUT2D eigenvalue weighted by molar-refractivity contribution is -0.385. The zero-order valence-corrected chi connectivity index (χ0v) is 13.6. The highest BCUT2D eigenvalue weighted by atomic mass is 16.6. The van der Waals surface area contributed by atoms with E-state index >= 15 is 0 Å². The monoisotopic (exact) mass is 342 g/mol. The Hall–Kier alpha value is -3.03. The van der Waals surface area contributed by atoms with Gasteiger partial charge in [-0.3, -0.25) is 14.9 Å². The number of aromatic nitrogens is 2. The molecule has 0 saturated carbocycles. The lowest BCUT2D eigenvalue weighted by Crippen LogP contribution is -2.45. The Balaban J connectivity index is 1.63. The largest absolute Gasteiger partial charge is 0.458 e. The van der Waals surface area contributed by atoms with Crippen LogP contribution in [-0.4, -0.2) is 44.9 Å². The summed E-state index contributed by atoms with van der Waals surface area (Å²) < 4.78 is 5.72. The van der Waals surface area contributed by atoms with E-state index in [1.54, 1.807) is 41.6 Å². The number of piperidine rings is 1. The third-order valence-corrected chi connectivity index (χ3v) is 4.08. The van der Waals surface area contributed by atoms with Crippen molar-refractivity contribution in [3.63, 3.8) is 0 Å². The SMILES string of the molecule is O=C(Cc1ccccc1[N+](=O)[O-])N1CCCC(Oc2ncccn2)C1. The molecule has 8 nitrogen and oxygen atoms in total. The molecule has 0 spiro atoms. The van der Waals surface area contributed by atoms with Crippen molar-refractivity contribution >= 4 is 11.6 Å². The molecule has 8 heteroatoms. The van der Waals surface area contributed by atoms with Crippen LogP contribution < -0.4 is 4.74 Å². The fourth-order valence-electron chi connectivity index (χ4n) is 2.87. The summed E-state index contributed by atoms with van der Waals surface area (Å²) in [7, 11) is 0. The van der Waals surface area contributed by atoms with Crippen LogP contribution in [0.15, 0.2) is 42.7 Å². The van der Waals surface area contributed by atoms with Crippen molar-refractivity contribution in [2.45, 2.75) is 25.4 Å². The van der Waals surface area contributed by atoms with E-state index in [1.165, 1.54) is 6.07 Å². The lowest BCUT2D eigenvalue weighted by atomic mass is 10.1. The summed E-state index contributed by atoms with van der Waals surface area (Å²) in [6, 6.07) is 8.32. The number of hydrogen-bond donors (Lipinski definition) is 0. The summed E-state index contributed by atoms with van der Waals surface area (Å²) in [5, 5.41) is 11.1. The number of para-hydroxylation sites is 1. The molecule has 0 radical (unpaired) electrons. The van der Waals surface area contributed by atoms with Crippen molar-refractivity contribution in [3.05, 3.63) is 58.4 Å². The Labute approximate surface area is 144 Å². The molecule has 2 aromatic rings. The molecular formula is C17H18N4O4. The molecule has 1 aromatic carbocycles. The van der Waals surface area contributed by atoms with Crippen molar-refractivity contribution in [2.24, 2.45) is 0 Å². The number of nitrogens with zero attached hydrogens (tertiary/aromatic N) is 4. The van der Waals surface area contributed by atoms with E-state index in [4.69, 9.17) is 4.74 Å². The van der Waals surface area contributed by atoms with Crippen LogP contribution in [0.3, 0.4) is 0 Å². The molecule has 1 aliphatic rings. The number of carbonyl (C=O) groups excluding carboxylic acids is 1. The van der Waals surface area contributed by atoms with Crippen LogP contribution in [0.4, 0.5) is 5.69 Å². The van der Waals surface area contributed by atoms with E-state index in [9.17, 15) is 14.9 Å². The van der Waals surface area contributed by atoms with Gasteiger partial charge in [-0.2, -0.15) is 0 Å². The molecule has 1 fully saturated rings. The molecule has 25 heavy (non-hydrogen) atoms. The van der Waals surface area contributed by atoms with E-state index in [1.807, 2.05) is 0 Å². The molecule has 1 atom stereocenters.